The molecule has 3 aromatic rings. The molecule has 1 amide bonds. The van der Waals surface area contributed by atoms with Gasteiger partial charge in [-0.1, -0.05) is 35.3 Å². The van der Waals surface area contributed by atoms with Gasteiger partial charge in [-0.15, -0.1) is 0 Å². The fourth-order valence-electron chi connectivity index (χ4n) is 4.00. The van der Waals surface area contributed by atoms with E-state index in [0.29, 0.717) is 19.5 Å². The highest BCUT2D eigenvalue weighted by Crippen LogP contribution is 2.30. The van der Waals surface area contributed by atoms with E-state index in [1.54, 1.807) is 12.0 Å². The van der Waals surface area contributed by atoms with Crippen LogP contribution < -0.4 is 9.46 Å². The minimum absolute atomic E-state index is 0.0443. The molecule has 1 aromatic heterocycles. The van der Waals surface area contributed by atoms with Crippen molar-refractivity contribution in [2.24, 2.45) is 0 Å². The Hall–Kier alpha value is -2.04. The molecular weight excluding hydrogens is 577 g/mol. The molecule has 0 fully saturated rings. The molecule has 1 aliphatic heterocycles. The highest BCUT2D eigenvalue weighted by Gasteiger charge is 2.26. The fourth-order valence-corrected chi connectivity index (χ4v) is 6.40. The van der Waals surface area contributed by atoms with Gasteiger partial charge in [-0.05, 0) is 64.7 Å². The molecule has 0 saturated heterocycles. The van der Waals surface area contributed by atoms with E-state index in [9.17, 15) is 13.2 Å². The summed E-state index contributed by atoms with van der Waals surface area (Å²) < 4.78 is 36.8. The number of sulfonamides is 1. The lowest BCUT2D eigenvalue weighted by molar-refractivity contribution is 0.0745. The van der Waals surface area contributed by atoms with Crippen molar-refractivity contribution in [2.45, 2.75) is 30.8 Å². The first-order valence-electron chi connectivity index (χ1n) is 10.9. The number of benzene rings is 2. The average molecular weight is 601 g/mol. The lowest BCUT2D eigenvalue weighted by Gasteiger charge is -2.21. The van der Waals surface area contributed by atoms with E-state index in [4.69, 9.17) is 27.9 Å². The Morgan fingerprint density at radius 1 is 1.11 bits per heavy atom. The Morgan fingerprint density at radius 2 is 1.86 bits per heavy atom. The summed E-state index contributed by atoms with van der Waals surface area (Å²) >= 11 is 16.1. The molecule has 0 radical (unpaired) electrons. The number of ether oxygens (including phenoxy) is 1. The number of aromatic nitrogens is 1. The summed E-state index contributed by atoms with van der Waals surface area (Å²) in [5.74, 6) is 0.386. The van der Waals surface area contributed by atoms with Crippen LogP contribution in [0.4, 0.5) is 0 Å². The summed E-state index contributed by atoms with van der Waals surface area (Å²) in [5.41, 5.74) is 2.04. The Bertz CT molecular complexity index is 1340. The highest BCUT2D eigenvalue weighted by molar-refractivity contribution is 9.10. The van der Waals surface area contributed by atoms with Gasteiger partial charge in [-0.2, -0.15) is 0 Å². The van der Waals surface area contributed by atoms with Crippen molar-refractivity contribution in [3.63, 3.8) is 0 Å². The van der Waals surface area contributed by atoms with E-state index in [2.05, 4.69) is 25.2 Å². The van der Waals surface area contributed by atoms with E-state index in [1.807, 2.05) is 36.5 Å². The van der Waals surface area contributed by atoms with Crippen LogP contribution in [0.1, 0.15) is 28.0 Å². The largest absolute Gasteiger partial charge is 0.497 e. The molecule has 1 N–H and O–H groups in total. The van der Waals surface area contributed by atoms with Crippen molar-refractivity contribution in [1.29, 1.82) is 0 Å². The molecule has 11 heteroatoms. The second-order valence-corrected chi connectivity index (χ2v) is 11.6. The van der Waals surface area contributed by atoms with Gasteiger partial charge >= 0.3 is 0 Å². The molecule has 0 bridgehead atoms. The van der Waals surface area contributed by atoms with Gasteiger partial charge in [0.15, 0.2) is 0 Å². The smallest absolute Gasteiger partial charge is 0.255 e. The summed E-state index contributed by atoms with van der Waals surface area (Å²) in [4.78, 5) is 14.9. The van der Waals surface area contributed by atoms with Gasteiger partial charge < -0.3 is 14.2 Å². The molecule has 0 spiro atoms. The number of hydrogen-bond acceptors (Lipinski definition) is 4. The SMILES string of the molecule is COc1ccc(CCNS(=O)(=O)c2cc(C(=O)N3CCCn4cc(Br)cc4C3)c(Cl)cc2Cl)cc1. The number of carbonyl (C=O) groups excluding carboxylic acids is 1. The predicted molar refractivity (Wildman–Crippen MR) is 140 cm³/mol. The highest BCUT2D eigenvalue weighted by atomic mass is 79.9. The van der Waals surface area contributed by atoms with Gasteiger partial charge in [0, 0.05) is 36.0 Å². The van der Waals surface area contributed by atoms with Gasteiger partial charge in [-0.25, -0.2) is 13.1 Å². The molecule has 0 saturated carbocycles. The van der Waals surface area contributed by atoms with Crippen molar-refractivity contribution in [3.8, 4) is 5.75 Å². The zero-order valence-electron chi connectivity index (χ0n) is 18.9. The zero-order valence-corrected chi connectivity index (χ0v) is 22.8. The van der Waals surface area contributed by atoms with Gasteiger partial charge in [0.1, 0.15) is 10.6 Å². The van der Waals surface area contributed by atoms with Crippen LogP contribution >= 0.6 is 39.1 Å². The topological polar surface area (TPSA) is 80.6 Å². The predicted octanol–water partition coefficient (Wildman–Crippen LogP) is 5.13. The van der Waals surface area contributed by atoms with E-state index in [0.717, 1.165) is 34.4 Å². The molecule has 7 nitrogen and oxygen atoms in total. The normalized spacial score (nSPS) is 13.9. The summed E-state index contributed by atoms with van der Waals surface area (Å²) in [5, 5.41) is 0.0650. The van der Waals surface area contributed by atoms with Crippen molar-refractivity contribution >= 4 is 55.1 Å². The van der Waals surface area contributed by atoms with E-state index in [-0.39, 0.29) is 33.0 Å². The van der Waals surface area contributed by atoms with Crippen molar-refractivity contribution < 1.29 is 17.9 Å². The minimum Gasteiger partial charge on any atom is -0.497 e. The van der Waals surface area contributed by atoms with E-state index >= 15 is 0 Å². The lowest BCUT2D eigenvalue weighted by atomic mass is 10.1. The minimum atomic E-state index is -3.98. The number of amides is 1. The maximum absolute atomic E-state index is 13.4. The van der Waals surface area contributed by atoms with Crippen molar-refractivity contribution in [3.05, 3.63) is 80.0 Å². The Labute approximate surface area is 223 Å². The molecule has 186 valence electrons. The monoisotopic (exact) mass is 599 g/mol. The van der Waals surface area contributed by atoms with E-state index < -0.39 is 10.0 Å². The number of halogens is 3. The number of methoxy groups -OCH3 is 1. The number of fused-ring (bicyclic) bond motifs is 1. The molecule has 0 atom stereocenters. The summed E-state index contributed by atoms with van der Waals surface area (Å²) in [6.07, 6.45) is 3.23. The maximum atomic E-state index is 13.4. The third-order valence-corrected chi connectivity index (χ3v) is 8.50. The number of hydrogen-bond donors (Lipinski definition) is 1. The first-order chi connectivity index (χ1) is 16.7. The molecule has 2 aromatic carbocycles. The number of nitrogens with one attached hydrogen (secondary N) is 1. The number of carbonyl (C=O) groups is 1. The Balaban J connectivity index is 1.51. The summed E-state index contributed by atoms with van der Waals surface area (Å²) in [7, 11) is -2.39. The lowest BCUT2D eigenvalue weighted by Crippen LogP contribution is -2.31. The first kappa shape index (κ1) is 26.0. The molecular formula is C24H24BrCl2N3O4S. The van der Waals surface area contributed by atoms with Crippen LogP contribution in [0.5, 0.6) is 5.75 Å². The summed E-state index contributed by atoms with van der Waals surface area (Å²) in [6.45, 7) is 1.87. The van der Waals surface area contributed by atoms with Crippen molar-refractivity contribution in [2.75, 3.05) is 20.2 Å². The van der Waals surface area contributed by atoms with Crippen LogP contribution in [0.2, 0.25) is 10.0 Å². The first-order valence-corrected chi connectivity index (χ1v) is 14.0. The Kier molecular flexibility index (Phi) is 8.12. The van der Waals surface area contributed by atoms with Gasteiger partial charge in [0.05, 0.1) is 29.3 Å². The maximum Gasteiger partial charge on any atom is 0.255 e. The number of nitrogens with zero attached hydrogens (tertiary/aromatic N) is 2. The van der Waals surface area contributed by atoms with Crippen LogP contribution in [0, 0.1) is 0 Å². The van der Waals surface area contributed by atoms with Crippen molar-refractivity contribution in [1.82, 2.24) is 14.2 Å². The number of aryl methyl sites for hydroxylation is 1. The van der Waals surface area contributed by atoms with E-state index in [1.165, 1.54) is 12.1 Å². The molecule has 2 heterocycles. The quantitative estimate of drug-likeness (QED) is 0.407. The molecule has 4 rings (SSSR count). The van der Waals surface area contributed by atoms with Gasteiger partial charge in [0.2, 0.25) is 10.0 Å². The molecule has 0 unspecified atom stereocenters. The van der Waals surface area contributed by atoms with Crippen LogP contribution in [0.25, 0.3) is 0 Å². The summed E-state index contributed by atoms with van der Waals surface area (Å²) in [6, 6.07) is 11.9. The molecule has 1 aliphatic rings. The zero-order chi connectivity index (χ0) is 25.2. The third kappa shape index (κ3) is 6.03. The standard InChI is InChI=1S/C24H24BrCl2N3O4S/c1-34-19-5-3-16(4-6-19)7-8-28-35(32,33)23-12-20(21(26)13-22(23)27)24(31)30-10-2-9-29-14-17(25)11-18(29)15-30/h3-6,11-14,28H,2,7-10,15H2,1H3. The molecule has 35 heavy (non-hydrogen) atoms. The van der Waals surface area contributed by atoms with Crippen LogP contribution in [-0.2, 0) is 29.5 Å². The fraction of sp³-hybridized carbons (Fsp3) is 0.292. The molecule has 0 aliphatic carbocycles. The van der Waals surface area contributed by atoms with Gasteiger partial charge in [0.25, 0.3) is 5.91 Å². The third-order valence-electron chi connectivity index (χ3n) is 5.83. The van der Waals surface area contributed by atoms with Crippen LogP contribution in [0.3, 0.4) is 0 Å². The van der Waals surface area contributed by atoms with Crippen LogP contribution in [0.15, 0.2) is 58.0 Å². The Morgan fingerprint density at radius 3 is 2.57 bits per heavy atom. The average Bonchev–Trinajstić information content (AvgIpc) is 3.05. The second kappa shape index (κ2) is 10.9. The van der Waals surface area contributed by atoms with Gasteiger partial charge in [-0.3, -0.25) is 4.79 Å². The second-order valence-electron chi connectivity index (χ2n) is 8.18. The van der Waals surface area contributed by atoms with Crippen LogP contribution in [-0.4, -0.2) is 44.0 Å². The number of rotatable bonds is 7.